The summed E-state index contributed by atoms with van der Waals surface area (Å²) in [5, 5.41) is 10.5. The van der Waals surface area contributed by atoms with Crippen LogP contribution in [0.2, 0.25) is 10.0 Å². The maximum absolute atomic E-state index is 6.43. The van der Waals surface area contributed by atoms with Crippen molar-refractivity contribution in [1.82, 2.24) is 4.90 Å². The molecule has 1 unspecified atom stereocenters. The van der Waals surface area contributed by atoms with Crippen LogP contribution in [0.4, 0.5) is 0 Å². The summed E-state index contributed by atoms with van der Waals surface area (Å²) < 4.78 is 0. The van der Waals surface area contributed by atoms with Gasteiger partial charge in [0.25, 0.3) is 0 Å². The summed E-state index contributed by atoms with van der Waals surface area (Å²) in [6.07, 6.45) is 0. The maximum Gasteiger partial charge on any atom is 0.0898 e. The molecule has 0 radical (unpaired) electrons. The molecule has 25 heavy (non-hydrogen) atoms. The van der Waals surface area contributed by atoms with Crippen LogP contribution in [0.5, 0.6) is 0 Å². The van der Waals surface area contributed by atoms with E-state index in [0.717, 1.165) is 22.6 Å². The van der Waals surface area contributed by atoms with Gasteiger partial charge in [-0.2, -0.15) is 10.2 Å². The minimum Gasteiger partial charge on any atom is -0.300 e. The van der Waals surface area contributed by atoms with Crippen molar-refractivity contribution in [3.63, 3.8) is 0 Å². The van der Waals surface area contributed by atoms with Crippen LogP contribution in [-0.2, 0) is 0 Å². The molecule has 130 valence electrons. The molecule has 1 atom stereocenters. The third-order valence-electron chi connectivity index (χ3n) is 4.61. The third-order valence-corrected chi connectivity index (χ3v) is 5.27. The summed E-state index contributed by atoms with van der Waals surface area (Å²) >= 11 is 12.9. The Morgan fingerprint density at radius 2 is 1.36 bits per heavy atom. The first kappa shape index (κ1) is 18.1. The predicted molar refractivity (Wildman–Crippen MR) is 107 cm³/mol. The minimum absolute atomic E-state index is 0.0103. The van der Waals surface area contributed by atoms with Crippen molar-refractivity contribution in [2.45, 2.75) is 19.9 Å². The zero-order chi connectivity index (χ0) is 18.2. The molecule has 0 spiro atoms. The molecule has 0 aliphatic carbocycles. The second-order valence-electron chi connectivity index (χ2n) is 6.98. The topological polar surface area (TPSA) is 28.0 Å². The Bertz CT molecular complexity index is 854. The van der Waals surface area contributed by atoms with E-state index in [1.165, 1.54) is 0 Å². The first-order valence-electron chi connectivity index (χ1n) is 8.16. The lowest BCUT2D eigenvalue weighted by atomic mass is 9.72. The summed E-state index contributed by atoms with van der Waals surface area (Å²) in [6.45, 7) is 4.34. The van der Waals surface area contributed by atoms with E-state index in [1.54, 1.807) is 0 Å². The molecule has 5 heteroatoms. The number of likely N-dealkylation sites (N-methyl/N-ethyl adjacent to an activating group) is 1. The van der Waals surface area contributed by atoms with Gasteiger partial charge in [-0.3, -0.25) is 0 Å². The fraction of sp³-hybridized carbons (Fsp3) is 0.300. The standard InChI is InChI=1S/C20H21Cl2N3/c1-20(2)18(14-10-6-8-12-16(14)22)24-23-17(19(20)25(3)4)13-9-5-7-11-15(13)21/h5-12,19H,1-4H3. The lowest BCUT2D eigenvalue weighted by Gasteiger charge is -2.42. The monoisotopic (exact) mass is 373 g/mol. The van der Waals surface area contributed by atoms with Gasteiger partial charge in [-0.1, -0.05) is 73.4 Å². The van der Waals surface area contributed by atoms with Crippen molar-refractivity contribution in [2.75, 3.05) is 14.1 Å². The van der Waals surface area contributed by atoms with Gasteiger partial charge in [-0.25, -0.2) is 0 Å². The molecule has 0 saturated heterocycles. The highest BCUT2D eigenvalue weighted by molar-refractivity contribution is 6.36. The van der Waals surface area contributed by atoms with E-state index in [9.17, 15) is 0 Å². The molecule has 2 aromatic rings. The average molecular weight is 374 g/mol. The summed E-state index contributed by atoms with van der Waals surface area (Å²) in [4.78, 5) is 2.16. The van der Waals surface area contributed by atoms with Gasteiger partial charge in [-0.15, -0.1) is 0 Å². The van der Waals surface area contributed by atoms with E-state index >= 15 is 0 Å². The van der Waals surface area contributed by atoms with Crippen LogP contribution >= 0.6 is 23.2 Å². The van der Waals surface area contributed by atoms with Gasteiger partial charge in [0.05, 0.1) is 17.5 Å². The highest BCUT2D eigenvalue weighted by Crippen LogP contribution is 2.37. The van der Waals surface area contributed by atoms with E-state index in [0.29, 0.717) is 10.0 Å². The quantitative estimate of drug-likeness (QED) is 0.730. The SMILES string of the molecule is CN(C)C1C(c2ccccc2Cl)=NN=C(c2ccccc2Cl)C1(C)C. The van der Waals surface area contributed by atoms with Gasteiger partial charge in [0.2, 0.25) is 0 Å². The Labute approximate surface area is 159 Å². The van der Waals surface area contributed by atoms with Gasteiger partial charge in [-0.05, 0) is 26.2 Å². The molecule has 0 amide bonds. The molecule has 0 N–H and O–H groups in total. The minimum atomic E-state index is -0.301. The van der Waals surface area contributed by atoms with Gasteiger partial charge in [0, 0.05) is 26.6 Å². The van der Waals surface area contributed by atoms with Crippen LogP contribution in [0.15, 0.2) is 58.7 Å². The molecule has 2 aromatic carbocycles. The number of hydrogen-bond donors (Lipinski definition) is 0. The average Bonchev–Trinajstić information content (AvgIpc) is 2.55. The molecule has 3 rings (SSSR count). The molecule has 3 nitrogen and oxygen atoms in total. The Hall–Kier alpha value is -1.68. The van der Waals surface area contributed by atoms with Crippen LogP contribution < -0.4 is 0 Å². The molecular weight excluding hydrogens is 353 g/mol. The largest absolute Gasteiger partial charge is 0.300 e. The summed E-state index contributed by atoms with van der Waals surface area (Å²) in [5.74, 6) is 0. The first-order valence-corrected chi connectivity index (χ1v) is 8.92. The highest BCUT2D eigenvalue weighted by Gasteiger charge is 2.43. The van der Waals surface area contributed by atoms with Crippen molar-refractivity contribution in [2.24, 2.45) is 15.6 Å². The molecule has 1 aliphatic heterocycles. The zero-order valence-electron chi connectivity index (χ0n) is 14.8. The molecule has 0 saturated carbocycles. The third kappa shape index (κ3) is 3.24. The van der Waals surface area contributed by atoms with Crippen LogP contribution in [0.1, 0.15) is 25.0 Å². The fourth-order valence-electron chi connectivity index (χ4n) is 3.57. The Kier molecular flexibility index (Phi) is 5.01. The van der Waals surface area contributed by atoms with Crippen LogP contribution in [0.3, 0.4) is 0 Å². The summed E-state index contributed by atoms with van der Waals surface area (Å²) in [7, 11) is 4.10. The van der Waals surface area contributed by atoms with Crippen LogP contribution in [0.25, 0.3) is 0 Å². The van der Waals surface area contributed by atoms with Crippen molar-refractivity contribution in [3.05, 3.63) is 69.7 Å². The fourth-order valence-corrected chi connectivity index (χ4v) is 4.03. The number of halogens is 2. The maximum atomic E-state index is 6.43. The second kappa shape index (κ2) is 6.91. The van der Waals surface area contributed by atoms with E-state index in [1.807, 2.05) is 62.6 Å². The molecule has 1 aliphatic rings. The van der Waals surface area contributed by atoms with Crippen LogP contribution in [0, 0.1) is 5.41 Å². The van der Waals surface area contributed by atoms with Crippen molar-refractivity contribution >= 4 is 34.6 Å². The normalized spacial score (nSPS) is 19.6. The number of hydrogen-bond acceptors (Lipinski definition) is 3. The van der Waals surface area contributed by atoms with E-state index in [4.69, 9.17) is 23.2 Å². The molecule has 0 aromatic heterocycles. The van der Waals surface area contributed by atoms with E-state index in [2.05, 4.69) is 29.0 Å². The summed E-state index contributed by atoms with van der Waals surface area (Å²) in [5.41, 5.74) is 3.29. The van der Waals surface area contributed by atoms with Crippen molar-refractivity contribution in [1.29, 1.82) is 0 Å². The van der Waals surface area contributed by atoms with Gasteiger partial charge in [0.1, 0.15) is 0 Å². The smallest absolute Gasteiger partial charge is 0.0898 e. The number of rotatable bonds is 3. The number of nitrogens with zero attached hydrogens (tertiary/aromatic N) is 3. The van der Waals surface area contributed by atoms with Gasteiger partial charge >= 0.3 is 0 Å². The van der Waals surface area contributed by atoms with Crippen molar-refractivity contribution in [3.8, 4) is 0 Å². The second-order valence-corrected chi connectivity index (χ2v) is 7.80. The van der Waals surface area contributed by atoms with Crippen molar-refractivity contribution < 1.29 is 0 Å². The molecule has 0 bridgehead atoms. The van der Waals surface area contributed by atoms with Crippen LogP contribution in [-0.4, -0.2) is 36.5 Å². The predicted octanol–water partition coefficient (Wildman–Crippen LogP) is 5.16. The first-order chi connectivity index (χ1) is 11.8. The van der Waals surface area contributed by atoms with Gasteiger partial charge in [0.15, 0.2) is 0 Å². The van der Waals surface area contributed by atoms with E-state index < -0.39 is 0 Å². The summed E-state index contributed by atoms with van der Waals surface area (Å²) in [6, 6.07) is 15.5. The molecule has 0 fully saturated rings. The Morgan fingerprint density at radius 3 is 1.88 bits per heavy atom. The lowest BCUT2D eigenvalue weighted by molar-refractivity contribution is 0.252. The van der Waals surface area contributed by atoms with E-state index in [-0.39, 0.29) is 11.5 Å². The Balaban J connectivity index is 2.21. The van der Waals surface area contributed by atoms with Gasteiger partial charge < -0.3 is 4.90 Å². The zero-order valence-corrected chi connectivity index (χ0v) is 16.3. The number of benzene rings is 2. The molecular formula is C20H21Cl2N3. The molecule has 1 heterocycles. The Morgan fingerprint density at radius 1 is 0.840 bits per heavy atom. The highest BCUT2D eigenvalue weighted by atomic mass is 35.5. The lowest BCUT2D eigenvalue weighted by Crippen LogP contribution is -2.53.